The molecule has 0 fully saturated rings. The summed E-state index contributed by atoms with van der Waals surface area (Å²) in [6, 6.07) is 0. The number of nitrogens with two attached hydrogens (primary N) is 1. The lowest BCUT2D eigenvalue weighted by molar-refractivity contribution is -0.125. The van der Waals surface area contributed by atoms with Crippen LogP contribution in [0.25, 0.3) is 0 Å². The van der Waals surface area contributed by atoms with Gasteiger partial charge in [0.1, 0.15) is 5.76 Å². The van der Waals surface area contributed by atoms with E-state index in [1.165, 1.54) is 0 Å². The number of primary amides is 1. The van der Waals surface area contributed by atoms with Crippen molar-refractivity contribution in [2.75, 3.05) is 13.1 Å². The van der Waals surface area contributed by atoms with Crippen molar-refractivity contribution in [2.45, 2.75) is 54.0 Å². The van der Waals surface area contributed by atoms with Gasteiger partial charge >= 0.3 is 0 Å². The molecule has 1 heterocycles. The number of hydrogen-bond acceptors (Lipinski definition) is 4. The minimum absolute atomic E-state index is 0.346. The Morgan fingerprint density at radius 3 is 2.48 bits per heavy atom. The number of hydrogen-bond donors (Lipinski definition) is 3. The zero-order valence-electron chi connectivity index (χ0n) is 14.8. The fraction of sp³-hybridized carbons (Fsp3) is 0.688. The van der Waals surface area contributed by atoms with Crippen LogP contribution in [-0.4, -0.2) is 30.1 Å². The van der Waals surface area contributed by atoms with Crippen LogP contribution in [0.1, 0.15) is 51.6 Å². The Morgan fingerprint density at radius 2 is 1.96 bits per heavy atom. The molecule has 4 N–H and O–H groups in total. The average molecular weight is 323 g/mol. The van der Waals surface area contributed by atoms with Crippen molar-refractivity contribution in [3.63, 3.8) is 0 Å². The largest absolute Gasteiger partial charge is 0.369 e. The molecule has 0 unspecified atom stereocenters. The second kappa shape index (κ2) is 8.55. The van der Waals surface area contributed by atoms with Crippen molar-refractivity contribution in [1.29, 1.82) is 0 Å². The van der Waals surface area contributed by atoms with Crippen molar-refractivity contribution >= 4 is 11.9 Å². The van der Waals surface area contributed by atoms with Gasteiger partial charge in [-0.3, -0.25) is 4.79 Å². The van der Waals surface area contributed by atoms with Gasteiger partial charge in [-0.25, -0.2) is 4.99 Å². The number of carbonyl (C=O) groups is 1. The minimum atomic E-state index is -0.642. The highest BCUT2D eigenvalue weighted by Gasteiger charge is 2.25. The molecule has 0 aliphatic rings. The van der Waals surface area contributed by atoms with Gasteiger partial charge in [0.2, 0.25) is 5.91 Å². The molecule has 1 amide bonds. The highest BCUT2D eigenvalue weighted by atomic mass is 16.5. The van der Waals surface area contributed by atoms with Crippen molar-refractivity contribution in [3.05, 3.63) is 17.0 Å². The van der Waals surface area contributed by atoms with Crippen molar-refractivity contribution in [1.82, 2.24) is 15.8 Å². The topological polar surface area (TPSA) is 106 Å². The van der Waals surface area contributed by atoms with E-state index in [0.29, 0.717) is 19.0 Å². The van der Waals surface area contributed by atoms with Crippen LogP contribution in [0, 0.1) is 5.41 Å². The normalized spacial score (nSPS) is 12.3. The van der Waals surface area contributed by atoms with E-state index in [9.17, 15) is 4.79 Å². The van der Waals surface area contributed by atoms with E-state index in [1.807, 2.05) is 20.8 Å². The Morgan fingerprint density at radius 1 is 1.26 bits per heavy atom. The molecule has 1 aromatic rings. The quantitative estimate of drug-likeness (QED) is 0.495. The zero-order chi connectivity index (χ0) is 17.5. The molecule has 0 saturated heterocycles. The lowest BCUT2D eigenvalue weighted by Gasteiger charge is -2.22. The molecule has 0 aliphatic heterocycles. The van der Waals surface area contributed by atoms with Crippen molar-refractivity contribution in [3.8, 4) is 0 Å². The Bertz CT molecular complexity index is 527. The van der Waals surface area contributed by atoms with Gasteiger partial charge < -0.3 is 20.9 Å². The third-order valence-electron chi connectivity index (χ3n) is 3.71. The molecule has 0 aliphatic carbocycles. The highest BCUT2D eigenvalue weighted by Crippen LogP contribution is 2.17. The monoisotopic (exact) mass is 323 g/mol. The number of amides is 1. The van der Waals surface area contributed by atoms with Crippen LogP contribution in [0.3, 0.4) is 0 Å². The molecule has 0 saturated carbocycles. The van der Waals surface area contributed by atoms with Crippen LogP contribution < -0.4 is 16.4 Å². The van der Waals surface area contributed by atoms with Gasteiger partial charge in [0.25, 0.3) is 0 Å². The summed E-state index contributed by atoms with van der Waals surface area (Å²) in [5.41, 5.74) is 6.74. The van der Waals surface area contributed by atoms with Crippen LogP contribution in [0.5, 0.6) is 0 Å². The summed E-state index contributed by atoms with van der Waals surface area (Å²) in [6.45, 7) is 11.3. The summed E-state index contributed by atoms with van der Waals surface area (Å²) in [5, 5.41) is 10.4. The van der Waals surface area contributed by atoms with E-state index in [1.54, 1.807) is 13.8 Å². The van der Waals surface area contributed by atoms with Gasteiger partial charge in [-0.15, -0.1) is 0 Å². The molecule has 0 spiro atoms. The molecular formula is C16H29N5O2. The van der Waals surface area contributed by atoms with E-state index in [0.717, 1.165) is 36.4 Å². The van der Waals surface area contributed by atoms with E-state index in [2.05, 4.69) is 20.8 Å². The molecule has 1 rings (SSSR count). The maximum Gasteiger partial charge on any atom is 0.224 e. The van der Waals surface area contributed by atoms with Gasteiger partial charge in [-0.05, 0) is 27.2 Å². The summed E-state index contributed by atoms with van der Waals surface area (Å²) < 4.78 is 5.35. The Kier molecular flexibility index (Phi) is 7.06. The molecule has 7 nitrogen and oxygen atoms in total. The third-order valence-corrected chi connectivity index (χ3v) is 3.71. The van der Waals surface area contributed by atoms with Crippen LogP contribution in [0.2, 0.25) is 0 Å². The highest BCUT2D eigenvalue weighted by molar-refractivity contribution is 5.83. The lowest BCUT2D eigenvalue weighted by atomic mass is 9.93. The van der Waals surface area contributed by atoms with Crippen LogP contribution in [-0.2, 0) is 24.2 Å². The van der Waals surface area contributed by atoms with E-state index in [-0.39, 0.29) is 5.91 Å². The van der Waals surface area contributed by atoms with Crippen molar-refractivity contribution in [2.24, 2.45) is 16.1 Å². The van der Waals surface area contributed by atoms with Gasteiger partial charge in [-0.2, -0.15) is 0 Å². The second-order valence-corrected chi connectivity index (χ2v) is 6.03. The summed E-state index contributed by atoms with van der Waals surface area (Å²) in [6.07, 6.45) is 1.60. The summed E-state index contributed by atoms with van der Waals surface area (Å²) in [5.74, 6) is 1.17. The van der Waals surface area contributed by atoms with Crippen LogP contribution in [0.4, 0.5) is 0 Å². The SMILES string of the molecule is CCNC(=NCc1c(CC)noc1CC)NCC(C)(C)C(N)=O. The predicted molar refractivity (Wildman–Crippen MR) is 91.1 cm³/mol. The van der Waals surface area contributed by atoms with Gasteiger partial charge in [0, 0.05) is 25.1 Å². The maximum absolute atomic E-state index is 11.4. The Labute approximate surface area is 138 Å². The van der Waals surface area contributed by atoms with E-state index < -0.39 is 5.41 Å². The molecule has 1 aromatic heterocycles. The van der Waals surface area contributed by atoms with Gasteiger partial charge in [0.05, 0.1) is 17.7 Å². The number of rotatable bonds is 8. The first-order chi connectivity index (χ1) is 10.9. The fourth-order valence-electron chi connectivity index (χ4n) is 2.01. The number of aryl methyl sites for hydroxylation is 2. The first-order valence-corrected chi connectivity index (χ1v) is 8.14. The standard InChI is InChI=1S/C16H29N5O2/c1-6-12-11(13(7-2)23-21-12)9-19-15(18-8-3)20-10-16(4,5)14(17)22/h6-10H2,1-5H3,(H2,17,22)(H2,18,19,20). The summed E-state index contributed by atoms with van der Waals surface area (Å²) in [4.78, 5) is 16.0. The number of guanidine groups is 1. The third kappa shape index (κ3) is 5.26. The number of aromatic nitrogens is 1. The lowest BCUT2D eigenvalue weighted by Crippen LogP contribution is -2.46. The average Bonchev–Trinajstić information content (AvgIpc) is 2.91. The second-order valence-electron chi connectivity index (χ2n) is 6.03. The smallest absolute Gasteiger partial charge is 0.224 e. The van der Waals surface area contributed by atoms with Crippen molar-refractivity contribution < 1.29 is 9.32 Å². The van der Waals surface area contributed by atoms with Crippen LogP contribution in [0.15, 0.2) is 9.52 Å². The van der Waals surface area contributed by atoms with E-state index in [4.69, 9.17) is 10.3 Å². The number of aliphatic imine (C=N–C) groups is 1. The first kappa shape index (κ1) is 19.0. The molecule has 0 aromatic carbocycles. The predicted octanol–water partition coefficient (Wildman–Crippen LogP) is 1.37. The molecule has 0 radical (unpaired) electrons. The molecule has 23 heavy (non-hydrogen) atoms. The minimum Gasteiger partial charge on any atom is -0.369 e. The zero-order valence-corrected chi connectivity index (χ0v) is 14.8. The first-order valence-electron chi connectivity index (χ1n) is 8.14. The summed E-state index contributed by atoms with van der Waals surface area (Å²) >= 11 is 0. The van der Waals surface area contributed by atoms with Gasteiger partial charge in [-0.1, -0.05) is 19.0 Å². The molecule has 7 heteroatoms. The molecule has 0 atom stereocenters. The number of carbonyl (C=O) groups excluding carboxylic acids is 1. The van der Waals surface area contributed by atoms with Crippen LogP contribution >= 0.6 is 0 Å². The maximum atomic E-state index is 11.4. The molecular weight excluding hydrogens is 294 g/mol. The fourth-order valence-corrected chi connectivity index (χ4v) is 2.01. The molecule has 130 valence electrons. The Hall–Kier alpha value is -2.05. The Balaban J connectivity index is 2.83. The summed E-state index contributed by atoms with van der Waals surface area (Å²) in [7, 11) is 0. The molecule has 0 bridgehead atoms. The van der Waals surface area contributed by atoms with Gasteiger partial charge in [0.15, 0.2) is 5.96 Å². The van der Waals surface area contributed by atoms with E-state index >= 15 is 0 Å². The number of nitrogens with one attached hydrogen (secondary N) is 2. The number of nitrogens with zero attached hydrogens (tertiary/aromatic N) is 2.